The molecular formula is C11H10Br3NO2. The molecule has 3 nitrogen and oxygen atoms in total. The van der Waals surface area contributed by atoms with Crippen LogP contribution in [0.2, 0.25) is 0 Å². The van der Waals surface area contributed by atoms with Crippen molar-refractivity contribution in [2.24, 2.45) is 0 Å². The van der Waals surface area contributed by atoms with Gasteiger partial charge in [-0.25, -0.2) is 0 Å². The third kappa shape index (κ3) is 2.85. The number of phenols is 1. The number of anilines is 1. The maximum atomic E-state index is 12.2. The van der Waals surface area contributed by atoms with Gasteiger partial charge in [0.15, 0.2) is 0 Å². The van der Waals surface area contributed by atoms with Gasteiger partial charge in [-0.15, -0.1) is 0 Å². The number of alkyl halides is 3. The number of rotatable bonds is 0. The topological polar surface area (TPSA) is 40.5 Å². The fourth-order valence-electron chi connectivity index (χ4n) is 1.95. The summed E-state index contributed by atoms with van der Waals surface area (Å²) in [4.78, 5) is 13.9. The van der Waals surface area contributed by atoms with Gasteiger partial charge < -0.3 is 10.0 Å². The summed E-state index contributed by atoms with van der Waals surface area (Å²) in [5, 5.41) is 9.44. The van der Waals surface area contributed by atoms with Gasteiger partial charge in [0.1, 0.15) is 5.75 Å². The molecule has 17 heavy (non-hydrogen) atoms. The van der Waals surface area contributed by atoms with Crippen LogP contribution in [0.1, 0.15) is 12.0 Å². The van der Waals surface area contributed by atoms with E-state index >= 15 is 0 Å². The number of amides is 1. The maximum Gasteiger partial charge on any atom is 0.265 e. The SMILES string of the molecule is O=C(N1CCCc2cc(O)ccc21)C(Br)(Br)Br. The summed E-state index contributed by atoms with van der Waals surface area (Å²) >= 11 is 9.72. The minimum absolute atomic E-state index is 0.107. The van der Waals surface area contributed by atoms with E-state index in [0.717, 1.165) is 24.1 Å². The molecule has 1 amide bonds. The maximum absolute atomic E-state index is 12.2. The van der Waals surface area contributed by atoms with E-state index in [9.17, 15) is 9.90 Å². The number of phenolic OH excluding ortho intramolecular Hbond substituents is 1. The lowest BCUT2D eigenvalue weighted by atomic mass is 10.0. The van der Waals surface area contributed by atoms with Gasteiger partial charge in [-0.2, -0.15) is 0 Å². The molecule has 0 fully saturated rings. The Hall–Kier alpha value is -0.0700. The van der Waals surface area contributed by atoms with Crippen LogP contribution in [-0.2, 0) is 11.2 Å². The minimum atomic E-state index is -0.931. The average molecular weight is 428 g/mol. The second kappa shape index (κ2) is 4.90. The van der Waals surface area contributed by atoms with E-state index in [4.69, 9.17) is 0 Å². The van der Waals surface area contributed by atoms with Crippen LogP contribution in [0.15, 0.2) is 18.2 Å². The van der Waals surface area contributed by atoms with Crippen molar-refractivity contribution in [3.63, 3.8) is 0 Å². The van der Waals surface area contributed by atoms with Crippen molar-refractivity contribution in [1.82, 2.24) is 0 Å². The Morgan fingerprint density at radius 3 is 2.71 bits per heavy atom. The van der Waals surface area contributed by atoms with Gasteiger partial charge in [-0.05, 0) is 84.4 Å². The first-order valence-corrected chi connectivity index (χ1v) is 7.48. The molecule has 0 aromatic heterocycles. The Kier molecular flexibility index (Phi) is 3.85. The van der Waals surface area contributed by atoms with E-state index in [1.165, 1.54) is 0 Å². The monoisotopic (exact) mass is 425 g/mol. The van der Waals surface area contributed by atoms with Crippen molar-refractivity contribution in [3.05, 3.63) is 23.8 Å². The standard InChI is InChI=1S/C11H10Br3NO2/c12-11(13,14)10(17)15-5-1-2-7-6-8(16)3-4-9(7)15/h3-4,6,16H,1-2,5H2. The van der Waals surface area contributed by atoms with Crippen molar-refractivity contribution in [1.29, 1.82) is 0 Å². The average Bonchev–Trinajstić information content (AvgIpc) is 2.25. The zero-order valence-electron chi connectivity index (χ0n) is 8.79. The summed E-state index contributed by atoms with van der Waals surface area (Å²) in [6.45, 7) is 0.682. The second-order valence-corrected chi connectivity index (χ2v) is 10.6. The highest BCUT2D eigenvalue weighted by Crippen LogP contribution is 2.39. The number of aromatic hydroxyl groups is 1. The zero-order valence-corrected chi connectivity index (χ0v) is 13.5. The Labute approximate surface area is 125 Å². The van der Waals surface area contributed by atoms with Gasteiger partial charge in [0.05, 0.1) is 0 Å². The number of halogens is 3. The summed E-state index contributed by atoms with van der Waals surface area (Å²) in [5.74, 6) is 0.130. The number of carbonyl (C=O) groups excluding carboxylic acids is 1. The van der Waals surface area contributed by atoms with Crippen LogP contribution >= 0.6 is 47.8 Å². The van der Waals surface area contributed by atoms with E-state index in [0.29, 0.717) is 6.54 Å². The molecule has 1 aromatic rings. The quantitative estimate of drug-likeness (QED) is 0.644. The molecule has 1 aliphatic rings. The Morgan fingerprint density at radius 1 is 1.35 bits per heavy atom. The number of carbonyl (C=O) groups is 1. The largest absolute Gasteiger partial charge is 0.508 e. The summed E-state index contributed by atoms with van der Waals surface area (Å²) in [7, 11) is 0. The van der Waals surface area contributed by atoms with E-state index in [1.807, 2.05) is 0 Å². The number of hydrogen-bond acceptors (Lipinski definition) is 2. The van der Waals surface area contributed by atoms with Crippen molar-refractivity contribution in [2.45, 2.75) is 15.0 Å². The van der Waals surface area contributed by atoms with E-state index in [1.54, 1.807) is 23.1 Å². The minimum Gasteiger partial charge on any atom is -0.508 e. The number of nitrogens with zero attached hydrogens (tertiary/aromatic N) is 1. The number of benzene rings is 1. The number of hydrogen-bond donors (Lipinski definition) is 1. The summed E-state index contributed by atoms with van der Waals surface area (Å²) in [6, 6.07) is 5.09. The van der Waals surface area contributed by atoms with Crippen LogP contribution in [0.3, 0.4) is 0 Å². The molecule has 0 aliphatic carbocycles. The molecule has 1 N–H and O–H groups in total. The smallest absolute Gasteiger partial charge is 0.265 e. The van der Waals surface area contributed by atoms with Crippen LogP contribution in [-0.4, -0.2) is 19.7 Å². The van der Waals surface area contributed by atoms with Gasteiger partial charge in [-0.3, -0.25) is 4.79 Å². The van der Waals surface area contributed by atoms with Crippen molar-refractivity contribution in [2.75, 3.05) is 11.4 Å². The summed E-state index contributed by atoms with van der Waals surface area (Å²) in [6.07, 6.45) is 1.78. The molecule has 0 spiro atoms. The van der Waals surface area contributed by atoms with E-state index in [2.05, 4.69) is 47.8 Å². The van der Waals surface area contributed by atoms with Gasteiger partial charge in [-0.1, -0.05) is 0 Å². The first kappa shape index (κ1) is 13.4. The molecule has 0 saturated heterocycles. The molecule has 0 bridgehead atoms. The second-order valence-electron chi connectivity index (χ2n) is 3.87. The predicted molar refractivity (Wildman–Crippen MR) is 78.3 cm³/mol. The normalized spacial score (nSPS) is 15.6. The van der Waals surface area contributed by atoms with Gasteiger partial charge in [0, 0.05) is 12.2 Å². The molecule has 0 saturated carbocycles. The number of aryl methyl sites for hydroxylation is 1. The van der Waals surface area contributed by atoms with Crippen LogP contribution < -0.4 is 4.90 Å². The van der Waals surface area contributed by atoms with E-state index < -0.39 is 2.14 Å². The highest BCUT2D eigenvalue weighted by Gasteiger charge is 2.35. The van der Waals surface area contributed by atoms with Crippen LogP contribution in [0, 0.1) is 0 Å². The molecule has 1 aliphatic heterocycles. The fourth-order valence-corrected chi connectivity index (χ4v) is 2.59. The zero-order chi connectivity index (χ0) is 12.6. The Balaban J connectivity index is 2.39. The van der Waals surface area contributed by atoms with Gasteiger partial charge >= 0.3 is 0 Å². The first-order valence-electron chi connectivity index (χ1n) is 5.10. The highest BCUT2D eigenvalue weighted by atomic mass is 80.0. The van der Waals surface area contributed by atoms with Crippen LogP contribution in [0.5, 0.6) is 5.75 Å². The summed E-state index contributed by atoms with van der Waals surface area (Å²) in [5.41, 5.74) is 1.86. The third-order valence-electron chi connectivity index (χ3n) is 2.67. The third-order valence-corrected chi connectivity index (χ3v) is 3.69. The molecule has 92 valence electrons. The lowest BCUT2D eigenvalue weighted by molar-refractivity contribution is -0.117. The molecule has 2 rings (SSSR count). The molecular weight excluding hydrogens is 418 g/mol. The molecule has 1 heterocycles. The Bertz CT molecular complexity index is 457. The first-order chi connectivity index (χ1) is 7.89. The van der Waals surface area contributed by atoms with Gasteiger partial charge in [0.2, 0.25) is 2.14 Å². The Morgan fingerprint density at radius 2 is 2.06 bits per heavy atom. The van der Waals surface area contributed by atoms with Crippen LogP contribution in [0.4, 0.5) is 5.69 Å². The van der Waals surface area contributed by atoms with Crippen molar-refractivity contribution < 1.29 is 9.90 Å². The van der Waals surface area contributed by atoms with Crippen molar-refractivity contribution >= 4 is 59.4 Å². The van der Waals surface area contributed by atoms with Gasteiger partial charge in [0.25, 0.3) is 5.91 Å². The number of fused-ring (bicyclic) bond motifs is 1. The lowest BCUT2D eigenvalue weighted by Gasteiger charge is -2.32. The van der Waals surface area contributed by atoms with Crippen LogP contribution in [0.25, 0.3) is 0 Å². The summed E-state index contributed by atoms with van der Waals surface area (Å²) < 4.78 is -0.931. The molecule has 0 atom stereocenters. The molecule has 0 radical (unpaired) electrons. The highest BCUT2D eigenvalue weighted by molar-refractivity contribution is 9.40. The molecule has 6 heteroatoms. The predicted octanol–water partition coefficient (Wildman–Crippen LogP) is 3.51. The van der Waals surface area contributed by atoms with Crippen molar-refractivity contribution in [3.8, 4) is 5.75 Å². The fraction of sp³-hybridized carbons (Fsp3) is 0.364. The molecule has 0 unspecified atom stereocenters. The molecule has 1 aromatic carbocycles. The van der Waals surface area contributed by atoms with E-state index in [-0.39, 0.29) is 11.7 Å². The lowest BCUT2D eigenvalue weighted by Crippen LogP contribution is -2.41.